The average Bonchev–Trinajstić information content (AvgIpc) is 3.52. The molecule has 2 aromatic heterocycles. The van der Waals surface area contributed by atoms with Gasteiger partial charge in [0.15, 0.2) is 5.78 Å². The second kappa shape index (κ2) is 18.0. The SMILES string of the molecule is CCC(=O)C[C@@H](Cc1nc2ccc(C)cc2s1)C(=O)N[C@@H](Cc1cccnc1)C(=O)C[C@@H](CCCCN)C(=O)N[C@@H]1CCOc2ccccc21. The van der Waals surface area contributed by atoms with Gasteiger partial charge in [0.25, 0.3) is 0 Å². The number of nitrogens with zero attached hydrogens (tertiary/aromatic N) is 2. The minimum atomic E-state index is -0.919. The van der Waals surface area contributed by atoms with E-state index in [-0.39, 0.29) is 55.1 Å². The summed E-state index contributed by atoms with van der Waals surface area (Å²) in [6.45, 7) is 4.77. The van der Waals surface area contributed by atoms with E-state index in [9.17, 15) is 19.2 Å². The van der Waals surface area contributed by atoms with Gasteiger partial charge in [-0.25, -0.2) is 4.98 Å². The molecule has 11 heteroatoms. The van der Waals surface area contributed by atoms with E-state index >= 15 is 0 Å². The number of rotatable bonds is 18. The maximum atomic E-state index is 14.2. The fraction of sp³-hybridized carbons (Fsp3) is 0.436. The summed E-state index contributed by atoms with van der Waals surface area (Å²) in [7, 11) is 0. The number of fused-ring (bicyclic) bond motifs is 2. The number of aryl methyl sites for hydroxylation is 1. The molecule has 2 aromatic carbocycles. The van der Waals surface area contributed by atoms with Crippen LogP contribution in [0.1, 0.15) is 79.6 Å². The van der Waals surface area contributed by atoms with Crippen LogP contribution in [0.15, 0.2) is 67.0 Å². The fourth-order valence-electron chi connectivity index (χ4n) is 6.37. The molecule has 50 heavy (non-hydrogen) atoms. The molecule has 0 radical (unpaired) electrons. The van der Waals surface area contributed by atoms with Crippen molar-refractivity contribution in [3.63, 3.8) is 0 Å². The van der Waals surface area contributed by atoms with Gasteiger partial charge in [-0.3, -0.25) is 24.2 Å². The summed E-state index contributed by atoms with van der Waals surface area (Å²) in [5, 5.41) is 6.95. The summed E-state index contributed by atoms with van der Waals surface area (Å²) in [6, 6.07) is 16.2. The Labute approximate surface area is 297 Å². The van der Waals surface area contributed by atoms with Crippen molar-refractivity contribution in [1.29, 1.82) is 0 Å². The number of ether oxygens (including phenoxy) is 1. The second-order valence-corrected chi connectivity index (χ2v) is 14.2. The number of aromatic nitrogens is 2. The van der Waals surface area contributed by atoms with E-state index in [4.69, 9.17) is 15.5 Å². The molecule has 2 amide bonds. The molecule has 0 aliphatic carbocycles. The molecule has 5 rings (SSSR count). The number of carbonyl (C=O) groups excluding carboxylic acids is 4. The Bertz CT molecular complexity index is 1780. The van der Waals surface area contributed by atoms with E-state index in [0.717, 1.165) is 44.1 Å². The number of thiazole rings is 1. The van der Waals surface area contributed by atoms with E-state index < -0.39 is 17.9 Å². The molecule has 4 atom stereocenters. The number of Topliss-reactive ketones (excluding diaryl/α,β-unsaturated/α-hetero) is 2. The standard InChI is InChI=1S/C39H47N5O5S/c1-3-29(45)21-28(23-37-42-32-14-13-25(2)19-36(32)50-37)39(48)44-33(20-26-9-8-17-41-24-26)34(46)22-27(10-6-7-16-40)38(47)43-31-15-18-49-35-12-5-4-11-30(31)35/h4-5,8-9,11-14,17,19,24,27-28,31,33H,3,6-7,10,15-16,18,20-23,40H2,1-2H3,(H,43,47)(H,44,48)/t27-,28+,31-,33+/m1/s1. The van der Waals surface area contributed by atoms with Gasteiger partial charge in [0.05, 0.1) is 39.8 Å². The first kappa shape index (κ1) is 36.8. The number of carbonyl (C=O) groups is 4. The van der Waals surface area contributed by atoms with E-state index in [1.165, 1.54) is 11.3 Å². The monoisotopic (exact) mass is 697 g/mol. The molecule has 0 saturated heterocycles. The van der Waals surface area contributed by atoms with Crippen LogP contribution in [0.2, 0.25) is 0 Å². The van der Waals surface area contributed by atoms with Crippen LogP contribution in [0.5, 0.6) is 5.75 Å². The maximum Gasteiger partial charge on any atom is 0.224 e. The van der Waals surface area contributed by atoms with Crippen molar-refractivity contribution < 1.29 is 23.9 Å². The van der Waals surface area contributed by atoms with Crippen LogP contribution in [0, 0.1) is 18.8 Å². The smallest absolute Gasteiger partial charge is 0.224 e. The van der Waals surface area contributed by atoms with Crippen LogP contribution in [0.4, 0.5) is 0 Å². The maximum absolute atomic E-state index is 14.2. The Hall–Kier alpha value is -4.48. The van der Waals surface area contributed by atoms with Crippen molar-refractivity contribution >= 4 is 44.9 Å². The second-order valence-electron chi connectivity index (χ2n) is 13.1. The molecule has 4 aromatic rings. The molecule has 0 fully saturated rings. The van der Waals surface area contributed by atoms with E-state index in [0.29, 0.717) is 38.8 Å². The van der Waals surface area contributed by atoms with Gasteiger partial charge < -0.3 is 21.1 Å². The zero-order valence-electron chi connectivity index (χ0n) is 28.9. The highest BCUT2D eigenvalue weighted by atomic mass is 32.1. The Balaban J connectivity index is 1.35. The molecule has 0 saturated carbocycles. The Kier molecular flexibility index (Phi) is 13.2. The third-order valence-corrected chi connectivity index (χ3v) is 10.3. The largest absolute Gasteiger partial charge is 0.493 e. The molecule has 0 unspecified atom stereocenters. The zero-order valence-corrected chi connectivity index (χ0v) is 29.7. The summed E-state index contributed by atoms with van der Waals surface area (Å²) < 4.78 is 6.81. The summed E-state index contributed by atoms with van der Waals surface area (Å²) >= 11 is 1.51. The van der Waals surface area contributed by atoms with E-state index in [1.54, 1.807) is 25.4 Å². The first-order valence-electron chi connectivity index (χ1n) is 17.6. The lowest BCUT2D eigenvalue weighted by atomic mass is 9.89. The van der Waals surface area contributed by atoms with Crippen molar-refractivity contribution in [3.8, 4) is 5.75 Å². The Morgan fingerprint density at radius 3 is 2.62 bits per heavy atom. The lowest BCUT2D eigenvalue weighted by Crippen LogP contribution is -2.47. The number of para-hydroxylation sites is 1. The average molecular weight is 698 g/mol. The molecule has 0 spiro atoms. The summed E-state index contributed by atoms with van der Waals surface area (Å²) in [6.07, 6.45) is 6.62. The van der Waals surface area contributed by atoms with Crippen molar-refractivity contribution in [2.75, 3.05) is 13.2 Å². The lowest BCUT2D eigenvalue weighted by Gasteiger charge is -2.29. The van der Waals surface area contributed by atoms with Crippen molar-refractivity contribution in [2.24, 2.45) is 17.6 Å². The highest BCUT2D eigenvalue weighted by molar-refractivity contribution is 7.18. The summed E-state index contributed by atoms with van der Waals surface area (Å²) in [4.78, 5) is 63.7. The van der Waals surface area contributed by atoms with Gasteiger partial charge in [0, 0.05) is 62.4 Å². The quantitative estimate of drug-likeness (QED) is 0.114. The van der Waals surface area contributed by atoms with Crippen LogP contribution < -0.4 is 21.1 Å². The van der Waals surface area contributed by atoms with Crippen LogP contribution >= 0.6 is 11.3 Å². The summed E-state index contributed by atoms with van der Waals surface area (Å²) in [5.74, 6) is -1.45. The van der Waals surface area contributed by atoms with Gasteiger partial charge >= 0.3 is 0 Å². The highest BCUT2D eigenvalue weighted by Gasteiger charge is 2.32. The van der Waals surface area contributed by atoms with E-state index in [2.05, 4.69) is 21.7 Å². The summed E-state index contributed by atoms with van der Waals surface area (Å²) in [5.41, 5.74) is 9.44. The van der Waals surface area contributed by atoms with Crippen LogP contribution in [-0.2, 0) is 32.0 Å². The molecule has 3 heterocycles. The number of nitrogens with two attached hydrogens (primary N) is 1. The third-order valence-electron chi connectivity index (χ3n) is 9.22. The minimum absolute atomic E-state index is 0.0384. The topological polar surface area (TPSA) is 153 Å². The molecule has 0 bridgehead atoms. The van der Waals surface area contributed by atoms with Crippen LogP contribution in [0.25, 0.3) is 10.2 Å². The lowest BCUT2D eigenvalue weighted by molar-refractivity contribution is -0.134. The van der Waals surface area contributed by atoms with Crippen molar-refractivity contribution in [3.05, 3.63) is 88.7 Å². The van der Waals surface area contributed by atoms with Crippen LogP contribution in [0.3, 0.4) is 0 Å². The highest BCUT2D eigenvalue weighted by Crippen LogP contribution is 2.32. The number of ketones is 2. The van der Waals surface area contributed by atoms with Gasteiger partial charge in [-0.1, -0.05) is 43.7 Å². The van der Waals surface area contributed by atoms with Gasteiger partial charge in [-0.05, 0) is 61.7 Å². The van der Waals surface area contributed by atoms with Crippen molar-refractivity contribution in [2.45, 2.75) is 83.7 Å². The predicted molar refractivity (Wildman–Crippen MR) is 195 cm³/mol. The molecule has 264 valence electrons. The molecular formula is C39H47N5O5S. The number of benzene rings is 2. The number of hydrogen-bond donors (Lipinski definition) is 3. The molecule has 10 nitrogen and oxygen atoms in total. The first-order chi connectivity index (χ1) is 24.2. The van der Waals surface area contributed by atoms with E-state index in [1.807, 2.05) is 49.4 Å². The van der Waals surface area contributed by atoms with Gasteiger partial charge in [-0.2, -0.15) is 0 Å². The first-order valence-corrected chi connectivity index (χ1v) is 18.4. The molecular weight excluding hydrogens is 651 g/mol. The van der Waals surface area contributed by atoms with Gasteiger partial charge in [0.2, 0.25) is 11.8 Å². The minimum Gasteiger partial charge on any atom is -0.493 e. The normalized spacial score (nSPS) is 15.7. The predicted octanol–water partition coefficient (Wildman–Crippen LogP) is 5.60. The van der Waals surface area contributed by atoms with Crippen LogP contribution in [-0.4, -0.2) is 52.5 Å². The number of amides is 2. The van der Waals surface area contributed by atoms with Gasteiger partial charge in [-0.15, -0.1) is 11.3 Å². The number of pyridine rings is 1. The number of unbranched alkanes of at least 4 members (excludes halogenated alkanes) is 1. The number of hydrogen-bond acceptors (Lipinski definition) is 9. The third kappa shape index (κ3) is 10.0. The molecule has 1 aliphatic heterocycles. The fourth-order valence-corrected chi connectivity index (χ4v) is 7.52. The Morgan fingerprint density at radius 1 is 1.00 bits per heavy atom. The molecule has 4 N–H and O–H groups in total. The Morgan fingerprint density at radius 2 is 1.84 bits per heavy atom. The zero-order chi connectivity index (χ0) is 35.5. The van der Waals surface area contributed by atoms with Crippen molar-refractivity contribution in [1.82, 2.24) is 20.6 Å². The number of nitrogens with one attached hydrogen (secondary N) is 2. The molecule has 1 aliphatic rings. The van der Waals surface area contributed by atoms with Gasteiger partial charge in [0.1, 0.15) is 11.5 Å².